The summed E-state index contributed by atoms with van der Waals surface area (Å²) >= 11 is 3.16. The number of nitrogens with two attached hydrogens (primary N) is 1. The summed E-state index contributed by atoms with van der Waals surface area (Å²) in [6.45, 7) is 0.734. The minimum absolute atomic E-state index is 0.00436. The quantitative estimate of drug-likeness (QED) is 0.941. The van der Waals surface area contributed by atoms with Gasteiger partial charge < -0.3 is 10.6 Å². The number of aromatic nitrogens is 1. The van der Waals surface area contributed by atoms with E-state index in [1.54, 1.807) is 16.7 Å². The Balaban J connectivity index is 1.96. The molecule has 1 aliphatic carbocycles. The molecule has 0 saturated carbocycles. The Morgan fingerprint density at radius 3 is 3.10 bits per heavy atom. The second kappa shape index (κ2) is 5.85. The fourth-order valence-electron chi connectivity index (χ4n) is 2.66. The summed E-state index contributed by atoms with van der Waals surface area (Å²) in [4.78, 5) is 20.5. The molecular weight excluding hydrogens is 302 g/mol. The summed E-state index contributed by atoms with van der Waals surface area (Å²) in [5.74, 6) is 0.935. The molecule has 112 valence electrons. The summed E-state index contributed by atoms with van der Waals surface area (Å²) in [6.07, 6.45) is 5.32. The predicted molar refractivity (Wildman–Crippen MR) is 91.4 cm³/mol. The second-order valence-corrected chi connectivity index (χ2v) is 7.35. The number of carbonyl (C=O) groups is 1. The second-order valence-electron chi connectivity index (χ2n) is 5.36. The van der Waals surface area contributed by atoms with Crippen LogP contribution in [0.1, 0.15) is 27.3 Å². The smallest absolute Gasteiger partial charge is 0.265 e. The highest BCUT2D eigenvalue weighted by Gasteiger charge is 2.22. The maximum Gasteiger partial charge on any atom is 0.265 e. The molecule has 0 aliphatic heterocycles. The van der Waals surface area contributed by atoms with Crippen molar-refractivity contribution in [2.24, 2.45) is 0 Å². The largest absolute Gasteiger partial charge is 0.397 e. The Morgan fingerprint density at radius 1 is 1.52 bits per heavy atom. The predicted octanol–water partition coefficient (Wildman–Crippen LogP) is 2.80. The van der Waals surface area contributed by atoms with Crippen molar-refractivity contribution in [3.8, 4) is 0 Å². The first-order chi connectivity index (χ1) is 10.1. The van der Waals surface area contributed by atoms with Gasteiger partial charge >= 0.3 is 0 Å². The Hall–Kier alpha value is -1.27. The molecule has 0 aromatic carbocycles. The molecule has 0 saturated heterocycles. The Bertz CT molecular complexity index is 696. The van der Waals surface area contributed by atoms with Gasteiger partial charge in [0.25, 0.3) is 5.91 Å². The van der Waals surface area contributed by atoms with E-state index in [4.69, 9.17) is 10.7 Å². The highest BCUT2D eigenvalue weighted by atomic mass is 32.2. The number of amides is 1. The molecule has 6 heteroatoms. The average Bonchev–Trinajstić information content (AvgIpc) is 3.06. The first-order valence-electron chi connectivity index (χ1n) is 7.07. The number of thiophene rings is 1. The van der Waals surface area contributed by atoms with E-state index >= 15 is 0 Å². The molecule has 2 aromatic rings. The summed E-state index contributed by atoms with van der Waals surface area (Å²) < 4.78 is 0. The molecule has 1 amide bonds. The fraction of sp³-hybridized carbons (Fsp3) is 0.467. The van der Waals surface area contributed by atoms with Gasteiger partial charge in [0.1, 0.15) is 9.71 Å². The monoisotopic (exact) mass is 321 g/mol. The van der Waals surface area contributed by atoms with Crippen molar-refractivity contribution in [1.29, 1.82) is 0 Å². The third kappa shape index (κ3) is 2.62. The van der Waals surface area contributed by atoms with Crippen LogP contribution in [0.15, 0.2) is 6.07 Å². The number of anilines is 1. The van der Waals surface area contributed by atoms with Crippen LogP contribution in [-0.2, 0) is 12.8 Å². The van der Waals surface area contributed by atoms with E-state index < -0.39 is 0 Å². The normalized spacial score (nSPS) is 13.6. The van der Waals surface area contributed by atoms with E-state index in [-0.39, 0.29) is 5.91 Å². The first-order valence-corrected chi connectivity index (χ1v) is 9.28. The van der Waals surface area contributed by atoms with Gasteiger partial charge in [0, 0.05) is 30.4 Å². The molecule has 1 aliphatic rings. The van der Waals surface area contributed by atoms with E-state index in [9.17, 15) is 4.79 Å². The van der Waals surface area contributed by atoms with Gasteiger partial charge in [-0.3, -0.25) is 4.79 Å². The number of nitrogens with zero attached hydrogens (tertiary/aromatic N) is 2. The van der Waals surface area contributed by atoms with Crippen LogP contribution in [0.3, 0.4) is 0 Å². The van der Waals surface area contributed by atoms with E-state index in [1.807, 2.05) is 13.3 Å². The fourth-order valence-corrected chi connectivity index (χ4v) is 4.21. The zero-order chi connectivity index (χ0) is 15.0. The number of pyridine rings is 1. The summed E-state index contributed by atoms with van der Waals surface area (Å²) in [5, 5.41) is 0.947. The Labute approximate surface area is 132 Å². The van der Waals surface area contributed by atoms with Crippen molar-refractivity contribution >= 4 is 44.9 Å². The van der Waals surface area contributed by atoms with Gasteiger partial charge in [-0.15, -0.1) is 11.3 Å². The summed E-state index contributed by atoms with van der Waals surface area (Å²) in [5.41, 5.74) is 9.29. The standard InChI is InChI=1S/C15H19N3OS2/c1-18(6-7-20-2)15(19)13-12(16)10-8-9-4-3-5-11(9)17-14(10)21-13/h8H,3-7,16H2,1-2H3. The van der Waals surface area contributed by atoms with Crippen molar-refractivity contribution < 1.29 is 4.79 Å². The first kappa shape index (κ1) is 14.7. The van der Waals surface area contributed by atoms with Crippen LogP contribution in [0.2, 0.25) is 0 Å². The Kier molecular flexibility index (Phi) is 4.08. The number of rotatable bonds is 4. The highest BCUT2D eigenvalue weighted by molar-refractivity contribution is 7.98. The zero-order valence-electron chi connectivity index (χ0n) is 12.3. The van der Waals surface area contributed by atoms with Crippen LogP contribution in [0.5, 0.6) is 0 Å². The number of nitrogen functional groups attached to an aromatic ring is 1. The molecule has 0 bridgehead atoms. The lowest BCUT2D eigenvalue weighted by Crippen LogP contribution is -2.28. The summed E-state index contributed by atoms with van der Waals surface area (Å²) in [6, 6.07) is 2.13. The Morgan fingerprint density at radius 2 is 2.33 bits per heavy atom. The molecule has 0 radical (unpaired) electrons. The molecule has 4 nitrogen and oxygen atoms in total. The molecule has 3 rings (SSSR count). The lowest BCUT2D eigenvalue weighted by Gasteiger charge is -2.15. The van der Waals surface area contributed by atoms with Gasteiger partial charge in [-0.1, -0.05) is 0 Å². The van der Waals surface area contributed by atoms with Crippen molar-refractivity contribution in [2.45, 2.75) is 19.3 Å². The van der Waals surface area contributed by atoms with E-state index in [2.05, 4.69) is 6.07 Å². The maximum absolute atomic E-state index is 12.5. The molecule has 0 unspecified atom stereocenters. The van der Waals surface area contributed by atoms with Crippen LogP contribution in [0, 0.1) is 0 Å². The molecule has 21 heavy (non-hydrogen) atoms. The number of hydrogen-bond donors (Lipinski definition) is 1. The van der Waals surface area contributed by atoms with Crippen molar-refractivity contribution in [1.82, 2.24) is 9.88 Å². The lowest BCUT2D eigenvalue weighted by molar-refractivity contribution is 0.0809. The van der Waals surface area contributed by atoms with Gasteiger partial charge in [0.15, 0.2) is 0 Å². The number of aryl methyl sites for hydroxylation is 2. The van der Waals surface area contributed by atoms with Crippen LogP contribution in [0.4, 0.5) is 5.69 Å². The third-order valence-electron chi connectivity index (χ3n) is 3.92. The van der Waals surface area contributed by atoms with Gasteiger partial charge in [-0.05, 0) is 37.1 Å². The van der Waals surface area contributed by atoms with Crippen molar-refractivity contribution in [3.63, 3.8) is 0 Å². The molecule has 2 heterocycles. The number of thioether (sulfide) groups is 1. The third-order valence-corrected chi connectivity index (χ3v) is 5.62. The summed E-state index contributed by atoms with van der Waals surface area (Å²) in [7, 11) is 1.83. The molecule has 2 N–H and O–H groups in total. The number of hydrogen-bond acceptors (Lipinski definition) is 5. The van der Waals surface area contributed by atoms with Crippen LogP contribution < -0.4 is 5.73 Å². The molecule has 0 spiro atoms. The topological polar surface area (TPSA) is 59.2 Å². The van der Waals surface area contributed by atoms with E-state index in [1.165, 1.54) is 29.0 Å². The SMILES string of the molecule is CSCCN(C)C(=O)c1sc2nc3c(cc2c1N)CCC3. The average molecular weight is 321 g/mol. The van der Waals surface area contributed by atoms with Gasteiger partial charge in [0.05, 0.1) is 5.69 Å². The van der Waals surface area contributed by atoms with Crippen LogP contribution >= 0.6 is 23.1 Å². The zero-order valence-corrected chi connectivity index (χ0v) is 13.9. The van der Waals surface area contributed by atoms with Gasteiger partial charge in [0.2, 0.25) is 0 Å². The van der Waals surface area contributed by atoms with Crippen molar-refractivity contribution in [3.05, 3.63) is 22.2 Å². The molecule has 2 aromatic heterocycles. The van der Waals surface area contributed by atoms with Gasteiger partial charge in [-0.25, -0.2) is 4.98 Å². The van der Waals surface area contributed by atoms with E-state index in [0.29, 0.717) is 10.6 Å². The molecule has 0 atom stereocenters. The van der Waals surface area contributed by atoms with Gasteiger partial charge in [-0.2, -0.15) is 11.8 Å². The highest BCUT2D eigenvalue weighted by Crippen LogP contribution is 2.36. The lowest BCUT2D eigenvalue weighted by atomic mass is 10.1. The maximum atomic E-state index is 12.5. The van der Waals surface area contributed by atoms with E-state index in [0.717, 1.165) is 35.4 Å². The van der Waals surface area contributed by atoms with Crippen molar-refractivity contribution in [2.75, 3.05) is 31.3 Å². The molecular formula is C15H19N3OS2. The minimum atomic E-state index is 0.00436. The molecule has 0 fully saturated rings. The van der Waals surface area contributed by atoms with Crippen LogP contribution in [0.25, 0.3) is 10.2 Å². The number of carbonyl (C=O) groups excluding carboxylic acids is 1. The number of fused-ring (bicyclic) bond motifs is 2. The minimum Gasteiger partial charge on any atom is -0.397 e. The van der Waals surface area contributed by atoms with Crippen LogP contribution in [-0.4, -0.2) is 41.4 Å².